The van der Waals surface area contributed by atoms with E-state index in [0.717, 1.165) is 44.9 Å². The van der Waals surface area contributed by atoms with E-state index in [0.29, 0.717) is 23.9 Å². The smallest absolute Gasteiger partial charge is 0.391 e. The summed E-state index contributed by atoms with van der Waals surface area (Å²) < 4.78 is 23.8. The summed E-state index contributed by atoms with van der Waals surface area (Å²) in [5, 5.41) is 14.1. The summed E-state index contributed by atoms with van der Waals surface area (Å²) in [7, 11) is 1.63. The Bertz CT molecular complexity index is 1210. The number of phosphoric acid groups is 1. The van der Waals surface area contributed by atoms with E-state index in [1.165, 1.54) is 244 Å². The van der Waals surface area contributed by atoms with E-state index in [1.807, 2.05) is 21.1 Å². The molecule has 0 radical (unpaired) electrons. The van der Waals surface area contributed by atoms with Crippen molar-refractivity contribution < 1.29 is 32.9 Å². The first-order chi connectivity index (χ1) is 34.5. The average Bonchev–Trinajstić information content (AvgIpc) is 3.33. The van der Waals surface area contributed by atoms with E-state index in [-0.39, 0.29) is 19.1 Å². The fourth-order valence-electron chi connectivity index (χ4n) is 9.55. The van der Waals surface area contributed by atoms with Crippen LogP contribution in [0.5, 0.6) is 0 Å². The molecule has 0 heterocycles. The molecule has 8 nitrogen and oxygen atoms in total. The van der Waals surface area contributed by atoms with Crippen LogP contribution in [0.25, 0.3) is 0 Å². The normalized spacial score (nSPS) is 14.0. The largest absolute Gasteiger partial charge is 0.472 e. The van der Waals surface area contributed by atoms with Crippen LogP contribution in [-0.2, 0) is 18.4 Å². The molecule has 3 N–H and O–H groups in total. The van der Waals surface area contributed by atoms with E-state index < -0.39 is 20.0 Å². The van der Waals surface area contributed by atoms with Crippen molar-refractivity contribution in [2.45, 2.75) is 328 Å². The molecule has 0 saturated heterocycles. The molecule has 422 valence electrons. The predicted molar refractivity (Wildman–Crippen MR) is 309 cm³/mol. The molecule has 71 heavy (non-hydrogen) atoms. The Kier molecular flexibility index (Phi) is 53.0. The number of aliphatic hydroxyl groups is 1. The first kappa shape index (κ1) is 70.0. The van der Waals surface area contributed by atoms with Gasteiger partial charge in [0, 0.05) is 6.42 Å². The highest BCUT2D eigenvalue weighted by molar-refractivity contribution is 7.47. The van der Waals surface area contributed by atoms with Crippen molar-refractivity contribution in [1.82, 2.24) is 5.32 Å². The summed E-state index contributed by atoms with van der Waals surface area (Å²) in [4.78, 5) is 23.3. The van der Waals surface area contributed by atoms with Gasteiger partial charge in [0.15, 0.2) is 0 Å². The van der Waals surface area contributed by atoms with Crippen LogP contribution in [0.2, 0.25) is 0 Å². The molecular weight excluding hydrogens is 900 g/mol. The van der Waals surface area contributed by atoms with Crippen LogP contribution in [-0.4, -0.2) is 73.4 Å². The van der Waals surface area contributed by atoms with Gasteiger partial charge in [0.2, 0.25) is 5.91 Å². The fraction of sp³-hybridized carbons (Fsp3) is 0.919. The minimum Gasteiger partial charge on any atom is -0.391 e. The number of carbonyl (C=O) groups excluding carboxylic acids is 1. The van der Waals surface area contributed by atoms with Crippen LogP contribution in [0.1, 0.15) is 316 Å². The number of allylic oxidation sites excluding steroid dienone is 4. The molecule has 0 aromatic rings. The van der Waals surface area contributed by atoms with Gasteiger partial charge in [-0.1, -0.05) is 289 Å². The summed E-state index contributed by atoms with van der Waals surface area (Å²) in [5.74, 6) is -0.140. The number of unbranched alkanes of at least 4 members (excludes halogenated alkanes) is 41. The highest BCUT2D eigenvalue weighted by Gasteiger charge is 2.28. The Labute approximate surface area is 443 Å². The number of amides is 1. The van der Waals surface area contributed by atoms with Crippen molar-refractivity contribution in [3.8, 4) is 0 Å². The van der Waals surface area contributed by atoms with Gasteiger partial charge in [0.25, 0.3) is 0 Å². The Morgan fingerprint density at radius 1 is 0.479 bits per heavy atom. The number of nitrogens with zero attached hydrogens (tertiary/aromatic N) is 1. The van der Waals surface area contributed by atoms with Crippen molar-refractivity contribution in [2.24, 2.45) is 0 Å². The second-order valence-electron chi connectivity index (χ2n) is 22.8. The zero-order valence-electron chi connectivity index (χ0n) is 48.2. The number of nitrogens with one attached hydrogen (secondary N) is 1. The molecule has 0 aliphatic rings. The lowest BCUT2D eigenvalue weighted by Gasteiger charge is -2.26. The molecule has 3 unspecified atom stereocenters. The molecule has 0 rings (SSSR count). The van der Waals surface area contributed by atoms with Crippen molar-refractivity contribution >= 4 is 13.7 Å². The highest BCUT2D eigenvalue weighted by Crippen LogP contribution is 2.43. The Hall–Kier alpha value is -1.02. The van der Waals surface area contributed by atoms with Gasteiger partial charge in [0.05, 0.1) is 39.9 Å². The number of likely N-dealkylation sites (N-methyl/N-ethyl adjacent to an activating group) is 1. The third kappa shape index (κ3) is 56.5. The van der Waals surface area contributed by atoms with Gasteiger partial charge in [-0.3, -0.25) is 13.8 Å². The van der Waals surface area contributed by atoms with E-state index in [1.54, 1.807) is 0 Å². The zero-order valence-corrected chi connectivity index (χ0v) is 49.1. The van der Waals surface area contributed by atoms with Gasteiger partial charge >= 0.3 is 7.82 Å². The first-order valence-corrected chi connectivity index (χ1v) is 32.7. The summed E-state index contributed by atoms with van der Waals surface area (Å²) in [6.45, 7) is 4.93. The highest BCUT2D eigenvalue weighted by atomic mass is 31.2. The molecule has 3 atom stereocenters. The topological polar surface area (TPSA) is 105 Å². The van der Waals surface area contributed by atoms with Crippen LogP contribution in [0.4, 0.5) is 0 Å². The van der Waals surface area contributed by atoms with Crippen molar-refractivity contribution in [1.29, 1.82) is 0 Å². The van der Waals surface area contributed by atoms with Crippen molar-refractivity contribution in [3.05, 3.63) is 24.3 Å². The third-order valence-corrected chi connectivity index (χ3v) is 15.4. The summed E-state index contributed by atoms with van der Waals surface area (Å²) >= 11 is 0. The number of hydrogen-bond acceptors (Lipinski definition) is 5. The fourth-order valence-corrected chi connectivity index (χ4v) is 10.3. The van der Waals surface area contributed by atoms with Crippen LogP contribution < -0.4 is 5.32 Å². The molecule has 9 heteroatoms. The average molecular weight is 1020 g/mol. The molecule has 0 saturated carbocycles. The Morgan fingerprint density at radius 3 is 1.15 bits per heavy atom. The van der Waals surface area contributed by atoms with E-state index in [9.17, 15) is 19.4 Å². The molecule has 0 aromatic heterocycles. The van der Waals surface area contributed by atoms with E-state index >= 15 is 0 Å². The predicted octanol–water partition coefficient (Wildman–Crippen LogP) is 19.2. The third-order valence-electron chi connectivity index (χ3n) is 14.5. The first-order valence-electron chi connectivity index (χ1n) is 31.2. The maximum atomic E-state index is 13.0. The molecule has 0 aliphatic carbocycles. The summed E-state index contributed by atoms with van der Waals surface area (Å²) in [6, 6.07) is -0.758. The maximum absolute atomic E-state index is 13.0. The number of carbonyl (C=O) groups is 1. The molecular formula is C62H124N2O6P+. The Morgan fingerprint density at radius 2 is 0.803 bits per heavy atom. The lowest BCUT2D eigenvalue weighted by atomic mass is 10.0. The van der Waals surface area contributed by atoms with Gasteiger partial charge in [-0.15, -0.1) is 0 Å². The van der Waals surface area contributed by atoms with Crippen LogP contribution >= 0.6 is 7.82 Å². The number of quaternary nitrogens is 1. The van der Waals surface area contributed by atoms with Crippen molar-refractivity contribution in [3.63, 3.8) is 0 Å². The SMILES string of the molecule is CCCCCCCCCCCCC/C=C\C/C=C\CCCCCCCCCCCCCCCCCCCC(=O)NC(COP(=O)(O)OCC[N+](C)(C)C)C(O)CCCCCCCCCCCCCCCC. The van der Waals surface area contributed by atoms with Gasteiger partial charge < -0.3 is 19.8 Å². The van der Waals surface area contributed by atoms with Crippen LogP contribution in [0.3, 0.4) is 0 Å². The number of rotatable bonds is 58. The molecule has 0 fully saturated rings. The number of aliphatic hydroxyl groups excluding tert-OH is 1. The van der Waals surface area contributed by atoms with Crippen LogP contribution in [0, 0.1) is 0 Å². The summed E-state index contributed by atoms with van der Waals surface area (Å²) in [5.41, 5.74) is 0. The number of hydrogen-bond donors (Lipinski definition) is 3. The van der Waals surface area contributed by atoms with E-state index in [2.05, 4.69) is 43.5 Å². The minimum absolute atomic E-state index is 0.0768. The van der Waals surface area contributed by atoms with Gasteiger partial charge in [0.1, 0.15) is 13.2 Å². The summed E-state index contributed by atoms with van der Waals surface area (Å²) in [6.07, 6.45) is 68.3. The van der Waals surface area contributed by atoms with E-state index in [4.69, 9.17) is 9.05 Å². The quantitative estimate of drug-likeness (QED) is 0.0243. The van der Waals surface area contributed by atoms with Crippen LogP contribution in [0.15, 0.2) is 24.3 Å². The second-order valence-corrected chi connectivity index (χ2v) is 24.2. The molecule has 0 aromatic carbocycles. The monoisotopic (exact) mass is 1020 g/mol. The molecule has 0 spiro atoms. The second kappa shape index (κ2) is 53.8. The lowest BCUT2D eigenvalue weighted by molar-refractivity contribution is -0.870. The molecule has 0 aliphatic heterocycles. The minimum atomic E-state index is -4.32. The Balaban J connectivity index is 3.94. The van der Waals surface area contributed by atoms with Gasteiger partial charge in [-0.25, -0.2) is 4.57 Å². The van der Waals surface area contributed by atoms with Gasteiger partial charge in [-0.05, 0) is 44.9 Å². The standard InChI is InChI=1S/C62H123N2O6P/c1-6-8-10-12-14-16-18-20-22-23-24-25-26-27-28-29-30-31-32-33-34-35-36-37-38-39-40-41-42-44-46-48-50-52-54-56-62(66)63-60(59-70-71(67,68)69-58-57-64(3,4)5)61(65)55-53-51-49-47-45-43-21-19-17-15-13-11-9-7-2/h26-27,29-30,60-61,65H,6-25,28,31-59H2,1-5H3,(H-,63,66,67,68)/p+1/b27-26-,30-29-. The maximum Gasteiger partial charge on any atom is 0.472 e. The number of phosphoric ester groups is 1. The lowest BCUT2D eigenvalue weighted by Crippen LogP contribution is -2.46. The molecule has 0 bridgehead atoms. The van der Waals surface area contributed by atoms with Gasteiger partial charge in [-0.2, -0.15) is 0 Å². The van der Waals surface area contributed by atoms with Crippen molar-refractivity contribution in [2.75, 3.05) is 40.9 Å². The molecule has 1 amide bonds. The zero-order chi connectivity index (χ0) is 52.0.